The van der Waals surface area contributed by atoms with Crippen molar-refractivity contribution in [1.29, 1.82) is 0 Å². The molecule has 122 valence electrons. The van der Waals surface area contributed by atoms with E-state index in [1.165, 1.54) is 0 Å². The van der Waals surface area contributed by atoms with E-state index >= 15 is 0 Å². The fraction of sp³-hybridized carbons (Fsp3) is 0.688. The summed E-state index contributed by atoms with van der Waals surface area (Å²) in [4.78, 5) is 23.6. The topological polar surface area (TPSA) is 84.2 Å². The summed E-state index contributed by atoms with van der Waals surface area (Å²) >= 11 is 0. The summed E-state index contributed by atoms with van der Waals surface area (Å²) in [6, 6.07) is 0.257. The Labute approximate surface area is 130 Å². The van der Waals surface area contributed by atoms with Crippen molar-refractivity contribution >= 4 is 11.9 Å². The van der Waals surface area contributed by atoms with Gasteiger partial charge in [0.05, 0.1) is 22.9 Å². The largest absolute Gasteiger partial charge is 0.481 e. The molecule has 0 saturated heterocycles. The maximum absolute atomic E-state index is 12.4. The normalized spacial score (nSPS) is 16.4. The summed E-state index contributed by atoms with van der Waals surface area (Å²) < 4.78 is 1.95. The molecule has 1 aromatic heterocycles. The molecule has 2 rings (SSSR count). The van der Waals surface area contributed by atoms with E-state index in [9.17, 15) is 9.59 Å². The van der Waals surface area contributed by atoms with Crippen LogP contribution in [-0.2, 0) is 4.79 Å². The monoisotopic (exact) mass is 307 g/mol. The highest BCUT2D eigenvalue weighted by molar-refractivity contribution is 5.95. The van der Waals surface area contributed by atoms with Crippen LogP contribution in [0.25, 0.3) is 0 Å². The number of aromatic nitrogens is 2. The van der Waals surface area contributed by atoms with Gasteiger partial charge in [0, 0.05) is 18.5 Å². The number of nitrogens with zero attached hydrogens (tertiary/aromatic N) is 2. The van der Waals surface area contributed by atoms with E-state index in [-0.39, 0.29) is 18.5 Å². The molecule has 1 aromatic rings. The third-order valence-electron chi connectivity index (χ3n) is 4.32. The van der Waals surface area contributed by atoms with Gasteiger partial charge in [0.15, 0.2) is 0 Å². The molecule has 1 aliphatic rings. The van der Waals surface area contributed by atoms with Crippen LogP contribution < -0.4 is 5.32 Å². The summed E-state index contributed by atoms with van der Waals surface area (Å²) in [5.74, 6) is -0.749. The molecule has 1 unspecified atom stereocenters. The second kappa shape index (κ2) is 6.10. The first kappa shape index (κ1) is 16.5. The van der Waals surface area contributed by atoms with Crippen molar-refractivity contribution < 1.29 is 14.7 Å². The molecule has 2 N–H and O–H groups in total. The van der Waals surface area contributed by atoms with Crippen LogP contribution in [0.5, 0.6) is 0 Å². The van der Waals surface area contributed by atoms with Gasteiger partial charge in [0.25, 0.3) is 5.91 Å². The Hall–Kier alpha value is -1.85. The van der Waals surface area contributed by atoms with Crippen molar-refractivity contribution in [2.75, 3.05) is 6.54 Å². The Morgan fingerprint density at radius 1 is 1.50 bits per heavy atom. The van der Waals surface area contributed by atoms with Crippen molar-refractivity contribution in [3.05, 3.63) is 17.5 Å². The smallest absolute Gasteiger partial charge is 0.310 e. The highest BCUT2D eigenvalue weighted by Crippen LogP contribution is 2.42. The fourth-order valence-electron chi connectivity index (χ4n) is 2.31. The van der Waals surface area contributed by atoms with Gasteiger partial charge in [-0.1, -0.05) is 6.92 Å². The maximum atomic E-state index is 12.4. The third kappa shape index (κ3) is 3.31. The SMILES string of the molecule is CCC(C)n1ncc(C(=O)NCC(C)(C)C(=O)O)c1C1CC1. The Kier molecular flexibility index (Phi) is 4.58. The number of rotatable bonds is 7. The zero-order chi connectivity index (χ0) is 16.5. The van der Waals surface area contributed by atoms with Crippen LogP contribution in [-0.4, -0.2) is 33.3 Å². The number of carboxylic acid groups (broad SMARTS) is 1. The lowest BCUT2D eigenvalue weighted by Gasteiger charge is -2.19. The number of aliphatic carboxylic acids is 1. The zero-order valence-electron chi connectivity index (χ0n) is 13.7. The third-order valence-corrected chi connectivity index (χ3v) is 4.32. The number of hydrogen-bond acceptors (Lipinski definition) is 3. The van der Waals surface area contributed by atoms with E-state index < -0.39 is 11.4 Å². The Balaban J connectivity index is 2.16. The quantitative estimate of drug-likeness (QED) is 0.811. The van der Waals surface area contributed by atoms with Gasteiger partial charge in [-0.15, -0.1) is 0 Å². The van der Waals surface area contributed by atoms with Crippen molar-refractivity contribution in [2.45, 2.75) is 58.9 Å². The highest BCUT2D eigenvalue weighted by Gasteiger charge is 2.34. The standard InChI is InChI=1S/C16H25N3O3/c1-5-10(2)19-13(11-6-7-11)12(8-18-19)14(20)17-9-16(3,4)15(21)22/h8,10-11H,5-7,9H2,1-4H3,(H,17,20)(H,21,22). The van der Waals surface area contributed by atoms with Gasteiger partial charge >= 0.3 is 5.97 Å². The van der Waals surface area contributed by atoms with Crippen molar-refractivity contribution in [3.63, 3.8) is 0 Å². The first-order valence-corrected chi connectivity index (χ1v) is 7.87. The zero-order valence-corrected chi connectivity index (χ0v) is 13.7. The van der Waals surface area contributed by atoms with Crippen LogP contribution in [0.2, 0.25) is 0 Å². The lowest BCUT2D eigenvalue weighted by Crippen LogP contribution is -2.39. The first-order valence-electron chi connectivity index (χ1n) is 7.87. The molecule has 0 radical (unpaired) electrons. The number of amides is 1. The average molecular weight is 307 g/mol. The summed E-state index contributed by atoms with van der Waals surface area (Å²) in [5.41, 5.74) is 0.603. The van der Waals surface area contributed by atoms with Crippen LogP contribution in [0, 0.1) is 5.41 Å². The van der Waals surface area contributed by atoms with Crippen molar-refractivity contribution in [1.82, 2.24) is 15.1 Å². The molecule has 0 bridgehead atoms. The first-order chi connectivity index (χ1) is 10.3. The second-order valence-electron chi connectivity index (χ2n) is 6.79. The lowest BCUT2D eigenvalue weighted by atomic mass is 9.94. The molecule has 1 saturated carbocycles. The highest BCUT2D eigenvalue weighted by atomic mass is 16.4. The Morgan fingerprint density at radius 3 is 2.64 bits per heavy atom. The number of carbonyl (C=O) groups excluding carboxylic acids is 1. The summed E-state index contributed by atoms with van der Waals surface area (Å²) in [5, 5.41) is 16.2. The van der Waals surface area contributed by atoms with Crippen molar-refractivity contribution in [3.8, 4) is 0 Å². The van der Waals surface area contributed by atoms with E-state index in [1.54, 1.807) is 20.0 Å². The molecule has 22 heavy (non-hydrogen) atoms. The number of nitrogens with one attached hydrogen (secondary N) is 1. The Bertz CT molecular complexity index is 573. The number of hydrogen-bond donors (Lipinski definition) is 2. The molecule has 6 nitrogen and oxygen atoms in total. The minimum atomic E-state index is -0.984. The van der Waals surface area contributed by atoms with Gasteiger partial charge < -0.3 is 10.4 Å². The molecule has 6 heteroatoms. The molecule has 0 aromatic carbocycles. The van der Waals surface area contributed by atoms with Crippen LogP contribution in [0.4, 0.5) is 0 Å². The van der Waals surface area contributed by atoms with Gasteiger partial charge in [0.1, 0.15) is 0 Å². The van der Waals surface area contributed by atoms with Crippen molar-refractivity contribution in [2.24, 2.45) is 5.41 Å². The van der Waals surface area contributed by atoms with E-state index in [2.05, 4.69) is 24.3 Å². The Morgan fingerprint density at radius 2 is 2.14 bits per heavy atom. The summed E-state index contributed by atoms with van der Waals surface area (Å²) in [6.45, 7) is 7.48. The van der Waals surface area contributed by atoms with Crippen LogP contribution in [0.1, 0.15) is 75.0 Å². The fourth-order valence-corrected chi connectivity index (χ4v) is 2.31. The van der Waals surface area contributed by atoms with E-state index in [4.69, 9.17) is 5.11 Å². The van der Waals surface area contributed by atoms with E-state index in [1.807, 2.05) is 4.68 Å². The molecular weight excluding hydrogens is 282 g/mol. The van der Waals surface area contributed by atoms with Gasteiger partial charge in [0.2, 0.25) is 0 Å². The van der Waals surface area contributed by atoms with E-state index in [0.717, 1.165) is 25.0 Å². The van der Waals surface area contributed by atoms with Gasteiger partial charge in [-0.05, 0) is 40.0 Å². The average Bonchev–Trinajstić information content (AvgIpc) is 3.22. The van der Waals surface area contributed by atoms with Gasteiger partial charge in [-0.25, -0.2) is 0 Å². The maximum Gasteiger partial charge on any atom is 0.310 e. The molecule has 1 atom stereocenters. The molecule has 1 fully saturated rings. The van der Waals surface area contributed by atoms with Crippen LogP contribution in [0.15, 0.2) is 6.20 Å². The molecule has 0 spiro atoms. The minimum Gasteiger partial charge on any atom is -0.481 e. The number of carbonyl (C=O) groups is 2. The van der Waals surface area contributed by atoms with Gasteiger partial charge in [-0.3, -0.25) is 14.3 Å². The van der Waals surface area contributed by atoms with E-state index in [0.29, 0.717) is 11.5 Å². The lowest BCUT2D eigenvalue weighted by molar-refractivity contribution is -0.146. The number of carboxylic acids is 1. The molecule has 1 amide bonds. The second-order valence-corrected chi connectivity index (χ2v) is 6.79. The van der Waals surface area contributed by atoms with Gasteiger partial charge in [-0.2, -0.15) is 5.10 Å². The summed E-state index contributed by atoms with van der Waals surface area (Å²) in [6.07, 6.45) is 4.74. The van der Waals surface area contributed by atoms with Crippen LogP contribution in [0.3, 0.4) is 0 Å². The molecule has 1 aliphatic carbocycles. The predicted octanol–water partition coefficient (Wildman–Crippen LogP) is 2.57. The minimum absolute atomic E-state index is 0.0970. The summed E-state index contributed by atoms with van der Waals surface area (Å²) in [7, 11) is 0. The van der Waals surface area contributed by atoms with Crippen LogP contribution >= 0.6 is 0 Å². The molecule has 0 aliphatic heterocycles. The predicted molar refractivity (Wildman–Crippen MR) is 83.0 cm³/mol. The molecular formula is C16H25N3O3. The molecule has 1 heterocycles.